The molecule has 0 radical (unpaired) electrons. The number of carbonyl (C=O) groups is 2. The van der Waals surface area contributed by atoms with Crippen LogP contribution in [-0.2, 0) is 0 Å². The molecule has 0 aliphatic carbocycles. The van der Waals surface area contributed by atoms with Crippen molar-refractivity contribution in [2.24, 2.45) is 0 Å². The van der Waals surface area contributed by atoms with Crippen molar-refractivity contribution >= 4 is 50.8 Å². The summed E-state index contributed by atoms with van der Waals surface area (Å²) >= 11 is 8.71. The molecule has 3 N–H and O–H groups in total. The highest BCUT2D eigenvalue weighted by molar-refractivity contribution is 9.10. The number of ether oxygens (including phenoxy) is 1. The van der Waals surface area contributed by atoms with Crippen molar-refractivity contribution in [1.82, 2.24) is 10.6 Å². The molecule has 0 fully saturated rings. The van der Waals surface area contributed by atoms with Crippen LogP contribution in [-0.4, -0.2) is 29.6 Å². The van der Waals surface area contributed by atoms with Crippen LogP contribution in [0.25, 0.3) is 0 Å². The minimum atomic E-state index is -0.396. The number of anilines is 1. The predicted octanol–water partition coefficient (Wildman–Crippen LogP) is 5.28. The molecule has 1 atom stereocenters. The van der Waals surface area contributed by atoms with Crippen molar-refractivity contribution in [3.8, 4) is 5.75 Å². The highest BCUT2D eigenvalue weighted by Crippen LogP contribution is 2.24. The molecule has 2 aromatic rings. The van der Waals surface area contributed by atoms with Gasteiger partial charge in [-0.3, -0.25) is 14.9 Å². The van der Waals surface area contributed by atoms with E-state index < -0.39 is 5.91 Å². The summed E-state index contributed by atoms with van der Waals surface area (Å²) in [6, 6.07) is 12.3. The number of nitrogens with one attached hydrogen (secondary N) is 3. The number of benzene rings is 2. The van der Waals surface area contributed by atoms with Gasteiger partial charge in [0.15, 0.2) is 5.11 Å². The van der Waals surface area contributed by atoms with E-state index in [1.54, 1.807) is 36.4 Å². The summed E-state index contributed by atoms with van der Waals surface area (Å²) in [6.45, 7) is 6.54. The second-order valence-corrected chi connectivity index (χ2v) is 8.40. The Morgan fingerprint density at radius 1 is 1.10 bits per heavy atom. The molecule has 0 saturated carbocycles. The zero-order valence-corrected chi connectivity index (χ0v) is 20.4. The minimum Gasteiger partial charge on any atom is -0.493 e. The van der Waals surface area contributed by atoms with Gasteiger partial charge in [0.2, 0.25) is 0 Å². The van der Waals surface area contributed by atoms with Crippen LogP contribution in [0.2, 0.25) is 0 Å². The Kier molecular flexibility index (Phi) is 9.94. The van der Waals surface area contributed by atoms with E-state index in [4.69, 9.17) is 17.0 Å². The third-order valence-corrected chi connectivity index (χ3v) is 5.28. The number of halogens is 1. The van der Waals surface area contributed by atoms with Crippen molar-refractivity contribution in [2.45, 2.75) is 46.1 Å². The number of para-hydroxylation sites is 1. The molecule has 0 saturated heterocycles. The summed E-state index contributed by atoms with van der Waals surface area (Å²) in [5, 5.41) is 8.65. The smallest absolute Gasteiger partial charge is 0.261 e. The molecule has 0 aromatic heterocycles. The van der Waals surface area contributed by atoms with Gasteiger partial charge in [-0.1, -0.05) is 48.3 Å². The second-order valence-electron chi connectivity index (χ2n) is 7.08. The maximum atomic E-state index is 12.8. The van der Waals surface area contributed by atoms with Gasteiger partial charge < -0.3 is 15.4 Å². The zero-order chi connectivity index (χ0) is 22.8. The van der Waals surface area contributed by atoms with Gasteiger partial charge in [-0.25, -0.2) is 0 Å². The first-order valence-corrected chi connectivity index (χ1v) is 11.5. The van der Waals surface area contributed by atoms with E-state index in [1.807, 2.05) is 19.9 Å². The van der Waals surface area contributed by atoms with Crippen LogP contribution in [0.15, 0.2) is 46.9 Å². The van der Waals surface area contributed by atoms with Gasteiger partial charge in [-0.15, -0.1) is 0 Å². The zero-order valence-electron chi connectivity index (χ0n) is 18.0. The highest BCUT2D eigenvalue weighted by atomic mass is 79.9. The van der Waals surface area contributed by atoms with E-state index in [2.05, 4.69) is 38.8 Å². The van der Waals surface area contributed by atoms with Crippen LogP contribution in [0.3, 0.4) is 0 Å². The Morgan fingerprint density at radius 3 is 2.55 bits per heavy atom. The maximum absolute atomic E-state index is 12.8. The van der Waals surface area contributed by atoms with Crippen molar-refractivity contribution in [3.05, 3.63) is 58.1 Å². The Balaban J connectivity index is 2.11. The van der Waals surface area contributed by atoms with E-state index in [-0.39, 0.29) is 17.1 Å². The SMILES string of the molecule is CCCCOc1ccc(Br)cc1C(=O)NC(=S)Nc1ccccc1C(=O)NC(C)CC. The molecule has 166 valence electrons. The van der Waals surface area contributed by atoms with Gasteiger partial charge in [0, 0.05) is 10.5 Å². The van der Waals surface area contributed by atoms with Crippen LogP contribution in [0.5, 0.6) is 5.75 Å². The van der Waals surface area contributed by atoms with E-state index in [9.17, 15) is 9.59 Å². The molecule has 1 unspecified atom stereocenters. The van der Waals surface area contributed by atoms with Crippen LogP contribution >= 0.6 is 28.1 Å². The largest absolute Gasteiger partial charge is 0.493 e. The lowest BCUT2D eigenvalue weighted by Gasteiger charge is -2.16. The monoisotopic (exact) mass is 505 g/mol. The molecule has 0 heterocycles. The maximum Gasteiger partial charge on any atom is 0.261 e. The van der Waals surface area contributed by atoms with Gasteiger partial charge in [-0.05, 0) is 62.3 Å². The van der Waals surface area contributed by atoms with Gasteiger partial charge in [0.25, 0.3) is 11.8 Å². The van der Waals surface area contributed by atoms with Gasteiger partial charge >= 0.3 is 0 Å². The molecular weight excluding hydrogens is 478 g/mol. The number of unbranched alkanes of at least 4 members (excludes halogenated alkanes) is 1. The molecule has 8 heteroatoms. The Hall–Kier alpha value is -2.45. The summed E-state index contributed by atoms with van der Waals surface area (Å²) in [5.74, 6) is -0.109. The fourth-order valence-electron chi connectivity index (χ4n) is 2.65. The molecule has 0 spiro atoms. The molecule has 2 amide bonds. The first kappa shape index (κ1) is 24.8. The number of hydrogen-bond donors (Lipinski definition) is 3. The second kappa shape index (κ2) is 12.4. The summed E-state index contributed by atoms with van der Waals surface area (Å²) in [4.78, 5) is 25.4. The predicted molar refractivity (Wildman–Crippen MR) is 132 cm³/mol. The minimum absolute atomic E-state index is 0.0508. The topological polar surface area (TPSA) is 79.5 Å². The Bertz CT molecular complexity index is 936. The average Bonchev–Trinajstić information content (AvgIpc) is 2.74. The van der Waals surface area contributed by atoms with Gasteiger partial charge in [0.1, 0.15) is 5.75 Å². The number of carbonyl (C=O) groups excluding carboxylic acids is 2. The number of hydrogen-bond acceptors (Lipinski definition) is 4. The number of thiocarbonyl (C=S) groups is 1. The van der Waals surface area contributed by atoms with Gasteiger partial charge in [0.05, 0.1) is 23.4 Å². The molecule has 0 aliphatic heterocycles. The van der Waals surface area contributed by atoms with Crippen molar-refractivity contribution in [3.63, 3.8) is 0 Å². The molecule has 6 nitrogen and oxygen atoms in total. The molecule has 2 rings (SSSR count). The van der Waals surface area contributed by atoms with E-state index in [0.717, 1.165) is 23.7 Å². The molecule has 0 aliphatic rings. The van der Waals surface area contributed by atoms with Crippen LogP contribution in [0, 0.1) is 0 Å². The van der Waals surface area contributed by atoms with Crippen molar-refractivity contribution in [2.75, 3.05) is 11.9 Å². The first-order chi connectivity index (χ1) is 14.8. The fraction of sp³-hybridized carbons (Fsp3) is 0.348. The molecule has 2 aromatic carbocycles. The third kappa shape index (κ3) is 7.63. The fourth-order valence-corrected chi connectivity index (χ4v) is 3.21. The van der Waals surface area contributed by atoms with Gasteiger partial charge in [-0.2, -0.15) is 0 Å². The summed E-state index contributed by atoms with van der Waals surface area (Å²) in [7, 11) is 0. The van der Waals surface area contributed by atoms with E-state index >= 15 is 0 Å². The third-order valence-electron chi connectivity index (χ3n) is 4.58. The summed E-state index contributed by atoms with van der Waals surface area (Å²) in [6.07, 6.45) is 2.72. The molecular formula is C23H28BrN3O3S. The van der Waals surface area contributed by atoms with E-state index in [1.165, 1.54) is 0 Å². The van der Waals surface area contributed by atoms with Crippen LogP contribution in [0.4, 0.5) is 5.69 Å². The van der Waals surface area contributed by atoms with Crippen molar-refractivity contribution < 1.29 is 14.3 Å². The summed E-state index contributed by atoms with van der Waals surface area (Å²) in [5.41, 5.74) is 1.34. The van der Waals surface area contributed by atoms with E-state index in [0.29, 0.717) is 29.2 Å². The first-order valence-electron chi connectivity index (χ1n) is 10.3. The van der Waals surface area contributed by atoms with Crippen LogP contribution in [0.1, 0.15) is 60.7 Å². The van der Waals surface area contributed by atoms with Crippen LogP contribution < -0.4 is 20.7 Å². The lowest BCUT2D eigenvalue weighted by atomic mass is 10.1. The lowest BCUT2D eigenvalue weighted by molar-refractivity contribution is 0.0938. The number of rotatable bonds is 9. The molecule has 31 heavy (non-hydrogen) atoms. The Morgan fingerprint density at radius 2 is 1.84 bits per heavy atom. The highest BCUT2D eigenvalue weighted by Gasteiger charge is 2.17. The standard InChI is InChI=1S/C23H28BrN3O3S/c1-4-6-13-30-20-12-11-16(24)14-18(20)22(29)27-23(31)26-19-10-8-7-9-17(19)21(28)25-15(3)5-2/h7-12,14-15H,4-6,13H2,1-3H3,(H,25,28)(H2,26,27,29,31). The normalized spacial score (nSPS) is 11.4. The Labute approximate surface area is 197 Å². The lowest BCUT2D eigenvalue weighted by Crippen LogP contribution is -2.36. The average molecular weight is 506 g/mol. The quantitative estimate of drug-likeness (QED) is 0.319. The number of amides is 2. The molecule has 0 bridgehead atoms. The summed E-state index contributed by atoms with van der Waals surface area (Å²) < 4.78 is 6.51. The van der Waals surface area contributed by atoms with Crippen molar-refractivity contribution in [1.29, 1.82) is 0 Å².